The highest BCUT2D eigenvalue weighted by atomic mass is 32.2. The van der Waals surface area contributed by atoms with Crippen LogP contribution in [0.1, 0.15) is 38.5 Å². The van der Waals surface area contributed by atoms with Gasteiger partial charge in [0.25, 0.3) is 11.1 Å². The molecule has 0 radical (unpaired) electrons. The largest absolute Gasteiger partial charge is 0.410 e. The number of rotatable bonds is 6. The van der Waals surface area contributed by atoms with E-state index < -0.39 is 9.84 Å². The minimum absolute atomic E-state index is 0.0325. The van der Waals surface area contributed by atoms with Gasteiger partial charge in [0.15, 0.2) is 9.84 Å². The minimum atomic E-state index is -3.04. The van der Waals surface area contributed by atoms with Gasteiger partial charge in [-0.3, -0.25) is 4.79 Å². The second kappa shape index (κ2) is 8.54. The highest BCUT2D eigenvalue weighted by molar-refractivity contribution is 7.99. The summed E-state index contributed by atoms with van der Waals surface area (Å²) in [7, 11) is -3.04. The Labute approximate surface area is 172 Å². The number of nitrogens with zero attached hydrogens (tertiary/aromatic N) is 3. The van der Waals surface area contributed by atoms with Crippen LogP contribution in [-0.4, -0.2) is 58.8 Å². The van der Waals surface area contributed by atoms with Crippen molar-refractivity contribution in [3.05, 3.63) is 17.5 Å². The van der Waals surface area contributed by atoms with E-state index in [1.807, 2.05) is 22.4 Å². The van der Waals surface area contributed by atoms with Gasteiger partial charge in [-0.15, -0.1) is 21.5 Å². The number of thioether (sulfide) groups is 1. The molecule has 7 nitrogen and oxygen atoms in total. The van der Waals surface area contributed by atoms with Crippen LogP contribution in [0, 0.1) is 0 Å². The number of amides is 1. The fourth-order valence-electron chi connectivity index (χ4n) is 4.03. The van der Waals surface area contributed by atoms with E-state index in [4.69, 9.17) is 4.42 Å². The van der Waals surface area contributed by atoms with Crippen molar-refractivity contribution in [2.24, 2.45) is 0 Å². The fraction of sp³-hybridized carbons (Fsp3) is 0.611. The molecule has 2 aliphatic rings. The molecule has 1 amide bonds. The lowest BCUT2D eigenvalue weighted by molar-refractivity contribution is -0.133. The van der Waals surface area contributed by atoms with E-state index in [9.17, 15) is 13.2 Å². The van der Waals surface area contributed by atoms with E-state index >= 15 is 0 Å². The normalized spacial score (nSPS) is 22.4. The number of hydrogen-bond donors (Lipinski definition) is 0. The first-order chi connectivity index (χ1) is 13.5. The van der Waals surface area contributed by atoms with Gasteiger partial charge in [0.2, 0.25) is 5.91 Å². The first kappa shape index (κ1) is 19.9. The van der Waals surface area contributed by atoms with Crippen molar-refractivity contribution in [1.82, 2.24) is 15.1 Å². The van der Waals surface area contributed by atoms with Crippen LogP contribution >= 0.6 is 23.1 Å². The zero-order chi connectivity index (χ0) is 19.6. The van der Waals surface area contributed by atoms with Crippen molar-refractivity contribution in [3.8, 4) is 10.8 Å². The summed E-state index contributed by atoms with van der Waals surface area (Å²) in [6.07, 6.45) is 5.82. The van der Waals surface area contributed by atoms with Crippen LogP contribution in [0.5, 0.6) is 0 Å². The van der Waals surface area contributed by atoms with Gasteiger partial charge in [0.1, 0.15) is 0 Å². The topological polar surface area (TPSA) is 93.4 Å². The molecule has 0 spiro atoms. The van der Waals surface area contributed by atoms with Crippen LogP contribution < -0.4 is 0 Å². The lowest BCUT2D eigenvalue weighted by Crippen LogP contribution is -2.49. The summed E-state index contributed by atoms with van der Waals surface area (Å²) in [6.45, 7) is 0. The molecule has 0 bridgehead atoms. The van der Waals surface area contributed by atoms with Gasteiger partial charge in [0, 0.05) is 12.1 Å². The van der Waals surface area contributed by atoms with Crippen molar-refractivity contribution in [2.75, 3.05) is 17.3 Å². The molecule has 28 heavy (non-hydrogen) atoms. The monoisotopic (exact) mass is 441 g/mol. The molecule has 4 rings (SSSR count). The third kappa shape index (κ3) is 4.60. The van der Waals surface area contributed by atoms with E-state index in [-0.39, 0.29) is 35.2 Å². The molecule has 1 atom stereocenters. The molecule has 3 heterocycles. The molecule has 2 fully saturated rings. The van der Waals surface area contributed by atoms with Gasteiger partial charge in [-0.25, -0.2) is 8.42 Å². The Kier molecular flexibility index (Phi) is 6.07. The molecule has 2 aromatic rings. The van der Waals surface area contributed by atoms with E-state index in [1.165, 1.54) is 29.5 Å². The van der Waals surface area contributed by atoms with Crippen LogP contribution in [0.25, 0.3) is 10.8 Å². The highest BCUT2D eigenvalue weighted by Gasteiger charge is 2.38. The molecule has 1 aliphatic carbocycles. The summed E-state index contributed by atoms with van der Waals surface area (Å²) in [4.78, 5) is 15.8. The second-order valence-electron chi connectivity index (χ2n) is 7.29. The Hall–Kier alpha value is -1.39. The molecule has 0 unspecified atom stereocenters. The average molecular weight is 442 g/mol. The maximum atomic E-state index is 13.1. The number of carbonyl (C=O) groups excluding carboxylic acids is 1. The molecule has 0 N–H and O–H groups in total. The molecule has 2 aromatic heterocycles. The Bertz CT molecular complexity index is 904. The molecule has 0 aromatic carbocycles. The van der Waals surface area contributed by atoms with Crippen LogP contribution in [0.4, 0.5) is 0 Å². The second-order valence-corrected chi connectivity index (χ2v) is 11.4. The van der Waals surface area contributed by atoms with Crippen LogP contribution in [-0.2, 0) is 14.6 Å². The molecule has 1 saturated carbocycles. The van der Waals surface area contributed by atoms with E-state index in [0.29, 0.717) is 17.5 Å². The SMILES string of the molecule is O=C(CSc1nnc(-c2cccs2)o1)N(C1CCCCC1)[C@@H]1CCS(=O)(=O)C1. The van der Waals surface area contributed by atoms with Gasteiger partial charge in [-0.1, -0.05) is 37.1 Å². The first-order valence-corrected chi connectivity index (χ1v) is 13.2. The van der Waals surface area contributed by atoms with Gasteiger partial charge in [-0.05, 0) is 30.7 Å². The third-order valence-electron chi connectivity index (χ3n) is 5.32. The lowest BCUT2D eigenvalue weighted by atomic mass is 9.93. The molecular formula is C18H23N3O4S3. The van der Waals surface area contributed by atoms with Crippen molar-refractivity contribution in [3.63, 3.8) is 0 Å². The number of thiophene rings is 1. The Morgan fingerprint density at radius 3 is 2.71 bits per heavy atom. The third-order valence-corrected chi connectivity index (χ3v) is 8.73. The summed E-state index contributed by atoms with van der Waals surface area (Å²) in [5.41, 5.74) is 0. The number of sulfone groups is 1. The molecule has 1 saturated heterocycles. The summed E-state index contributed by atoms with van der Waals surface area (Å²) in [5, 5.41) is 10.4. The minimum Gasteiger partial charge on any atom is -0.410 e. The van der Waals surface area contributed by atoms with Crippen LogP contribution in [0.15, 0.2) is 27.2 Å². The molecule has 1 aliphatic heterocycles. The van der Waals surface area contributed by atoms with E-state index in [2.05, 4.69) is 10.2 Å². The van der Waals surface area contributed by atoms with Gasteiger partial charge < -0.3 is 9.32 Å². The number of aromatic nitrogens is 2. The zero-order valence-corrected chi connectivity index (χ0v) is 17.9. The predicted molar refractivity (Wildman–Crippen MR) is 109 cm³/mol. The van der Waals surface area contributed by atoms with Crippen LogP contribution in [0.2, 0.25) is 0 Å². The smallest absolute Gasteiger partial charge is 0.277 e. The van der Waals surface area contributed by atoms with Gasteiger partial charge in [0.05, 0.1) is 22.1 Å². The van der Waals surface area contributed by atoms with Crippen molar-refractivity contribution in [2.45, 2.75) is 55.8 Å². The van der Waals surface area contributed by atoms with E-state index in [0.717, 1.165) is 30.6 Å². The van der Waals surface area contributed by atoms with Gasteiger partial charge >= 0.3 is 0 Å². The number of hydrogen-bond acceptors (Lipinski definition) is 8. The Morgan fingerprint density at radius 2 is 2.04 bits per heavy atom. The Balaban J connectivity index is 1.43. The fourth-order valence-corrected chi connectivity index (χ4v) is 7.01. The predicted octanol–water partition coefficient (Wildman–Crippen LogP) is 3.24. The molecule has 10 heteroatoms. The summed E-state index contributed by atoms with van der Waals surface area (Å²) < 4.78 is 29.6. The average Bonchev–Trinajstić information content (AvgIpc) is 3.42. The van der Waals surface area contributed by atoms with Gasteiger partial charge in [-0.2, -0.15) is 0 Å². The zero-order valence-electron chi connectivity index (χ0n) is 15.5. The standard InChI is InChI=1S/C18H23N3O4S3/c22-16(11-27-18-20-19-17(25-18)15-7-4-9-26-15)21(13-5-2-1-3-6-13)14-8-10-28(23,24)12-14/h4,7,9,13-14H,1-3,5-6,8,10-12H2/t14-/m1/s1. The molecular weight excluding hydrogens is 418 g/mol. The first-order valence-electron chi connectivity index (χ1n) is 9.53. The maximum Gasteiger partial charge on any atom is 0.277 e. The van der Waals surface area contributed by atoms with Crippen molar-refractivity contribution in [1.29, 1.82) is 0 Å². The Morgan fingerprint density at radius 1 is 1.21 bits per heavy atom. The quantitative estimate of drug-likeness (QED) is 0.635. The molecule has 152 valence electrons. The summed E-state index contributed by atoms with van der Waals surface area (Å²) in [5.74, 6) is 0.864. The van der Waals surface area contributed by atoms with Crippen LogP contribution in [0.3, 0.4) is 0 Å². The summed E-state index contributed by atoms with van der Waals surface area (Å²) >= 11 is 2.74. The van der Waals surface area contributed by atoms with E-state index in [1.54, 1.807) is 0 Å². The van der Waals surface area contributed by atoms with Crippen molar-refractivity contribution >= 4 is 38.8 Å². The number of carbonyl (C=O) groups is 1. The maximum absolute atomic E-state index is 13.1. The lowest BCUT2D eigenvalue weighted by Gasteiger charge is -2.38. The summed E-state index contributed by atoms with van der Waals surface area (Å²) in [6, 6.07) is 3.76. The van der Waals surface area contributed by atoms with Crippen molar-refractivity contribution < 1.29 is 17.6 Å². The highest BCUT2D eigenvalue weighted by Crippen LogP contribution is 2.30.